The molecule has 0 spiro atoms. The van der Waals surface area contributed by atoms with Crippen LogP contribution in [0, 0.1) is 10.1 Å². The SMILES string of the molecule is CCCN(CC(=O)Nc1ccccc1[N+](=O)[O-])C1CCNC1.Cl. The number of halogens is 1. The molecule has 1 aliphatic rings. The van der Waals surface area contributed by atoms with Crippen molar-refractivity contribution in [3.8, 4) is 0 Å². The van der Waals surface area contributed by atoms with E-state index in [4.69, 9.17) is 0 Å². The van der Waals surface area contributed by atoms with Crippen molar-refractivity contribution in [2.75, 3.05) is 31.5 Å². The van der Waals surface area contributed by atoms with Crippen LogP contribution in [0.2, 0.25) is 0 Å². The first kappa shape index (κ1) is 19.3. The highest BCUT2D eigenvalue weighted by Crippen LogP contribution is 2.23. The molecule has 1 saturated heterocycles. The predicted molar refractivity (Wildman–Crippen MR) is 92.1 cm³/mol. The molecule has 1 fully saturated rings. The summed E-state index contributed by atoms with van der Waals surface area (Å²) in [7, 11) is 0. The fraction of sp³-hybridized carbons (Fsp3) is 0.533. The minimum absolute atomic E-state index is 0. The second kappa shape index (κ2) is 9.44. The Morgan fingerprint density at radius 1 is 1.48 bits per heavy atom. The number of carbonyl (C=O) groups excluding carboxylic acids is 1. The lowest BCUT2D eigenvalue weighted by Crippen LogP contribution is -2.42. The van der Waals surface area contributed by atoms with Crippen molar-refractivity contribution in [3.05, 3.63) is 34.4 Å². The number of hydrogen-bond acceptors (Lipinski definition) is 5. The third kappa shape index (κ3) is 5.46. The van der Waals surface area contributed by atoms with Crippen LogP contribution in [-0.2, 0) is 4.79 Å². The van der Waals surface area contributed by atoms with Gasteiger partial charge in [-0.15, -0.1) is 12.4 Å². The van der Waals surface area contributed by atoms with E-state index in [2.05, 4.69) is 22.5 Å². The van der Waals surface area contributed by atoms with E-state index < -0.39 is 4.92 Å². The summed E-state index contributed by atoms with van der Waals surface area (Å²) in [6.07, 6.45) is 1.99. The van der Waals surface area contributed by atoms with E-state index in [1.807, 2.05) is 0 Å². The molecule has 23 heavy (non-hydrogen) atoms. The summed E-state index contributed by atoms with van der Waals surface area (Å²) >= 11 is 0. The second-order valence-electron chi connectivity index (χ2n) is 5.44. The van der Waals surface area contributed by atoms with Gasteiger partial charge in [0.05, 0.1) is 11.5 Å². The molecule has 128 valence electrons. The highest BCUT2D eigenvalue weighted by molar-refractivity contribution is 5.94. The average Bonchev–Trinajstić information content (AvgIpc) is 3.01. The number of nitrogens with one attached hydrogen (secondary N) is 2. The highest BCUT2D eigenvalue weighted by atomic mass is 35.5. The molecule has 8 heteroatoms. The zero-order valence-electron chi connectivity index (χ0n) is 13.2. The largest absolute Gasteiger partial charge is 0.319 e. The topological polar surface area (TPSA) is 87.5 Å². The summed E-state index contributed by atoms with van der Waals surface area (Å²) in [5, 5.41) is 16.9. The van der Waals surface area contributed by atoms with E-state index in [0.29, 0.717) is 6.04 Å². The van der Waals surface area contributed by atoms with E-state index in [1.165, 1.54) is 6.07 Å². The van der Waals surface area contributed by atoms with Gasteiger partial charge < -0.3 is 10.6 Å². The third-order valence-corrected chi connectivity index (χ3v) is 3.78. The molecule has 0 aliphatic carbocycles. The van der Waals surface area contributed by atoms with Crippen LogP contribution in [0.25, 0.3) is 0 Å². The van der Waals surface area contributed by atoms with Gasteiger partial charge in [0.2, 0.25) is 5.91 Å². The quantitative estimate of drug-likeness (QED) is 0.584. The van der Waals surface area contributed by atoms with Gasteiger partial charge in [0.25, 0.3) is 5.69 Å². The lowest BCUT2D eigenvalue weighted by molar-refractivity contribution is -0.383. The van der Waals surface area contributed by atoms with Crippen LogP contribution in [0.1, 0.15) is 19.8 Å². The first-order chi connectivity index (χ1) is 10.6. The van der Waals surface area contributed by atoms with Crippen LogP contribution in [0.15, 0.2) is 24.3 Å². The highest BCUT2D eigenvalue weighted by Gasteiger charge is 2.24. The molecule has 7 nitrogen and oxygen atoms in total. The van der Waals surface area contributed by atoms with Crippen LogP contribution < -0.4 is 10.6 Å². The molecular formula is C15H23ClN4O3. The zero-order valence-corrected chi connectivity index (χ0v) is 14.0. The van der Waals surface area contributed by atoms with Gasteiger partial charge in [-0.2, -0.15) is 0 Å². The fourth-order valence-electron chi connectivity index (χ4n) is 2.74. The molecule has 0 radical (unpaired) electrons. The minimum atomic E-state index is -0.486. The van der Waals surface area contributed by atoms with Gasteiger partial charge in [-0.25, -0.2) is 0 Å². The van der Waals surface area contributed by atoms with Crippen LogP contribution in [0.4, 0.5) is 11.4 Å². The summed E-state index contributed by atoms with van der Waals surface area (Å²) in [5.74, 6) is -0.213. The van der Waals surface area contributed by atoms with E-state index in [1.54, 1.807) is 18.2 Å². The van der Waals surface area contributed by atoms with Crippen molar-refractivity contribution >= 4 is 29.7 Å². The lowest BCUT2D eigenvalue weighted by atomic mass is 10.2. The number of anilines is 1. The number of nitrogens with zero attached hydrogens (tertiary/aromatic N) is 2. The van der Waals surface area contributed by atoms with Gasteiger partial charge in [-0.1, -0.05) is 19.1 Å². The minimum Gasteiger partial charge on any atom is -0.319 e. The van der Waals surface area contributed by atoms with Crippen LogP contribution >= 0.6 is 12.4 Å². The van der Waals surface area contributed by atoms with Crippen molar-refractivity contribution in [2.45, 2.75) is 25.8 Å². The first-order valence-corrected chi connectivity index (χ1v) is 7.60. The van der Waals surface area contributed by atoms with Crippen LogP contribution in [0.3, 0.4) is 0 Å². The Balaban J connectivity index is 0.00000264. The maximum absolute atomic E-state index is 12.2. The van der Waals surface area contributed by atoms with E-state index in [0.717, 1.165) is 32.5 Å². The van der Waals surface area contributed by atoms with Crippen molar-refractivity contribution in [2.24, 2.45) is 0 Å². The maximum Gasteiger partial charge on any atom is 0.292 e. The summed E-state index contributed by atoms with van der Waals surface area (Å²) in [5.41, 5.74) is 0.166. The molecular weight excluding hydrogens is 320 g/mol. The Bertz CT molecular complexity index is 535. The number of amides is 1. The molecule has 1 amide bonds. The van der Waals surface area contributed by atoms with E-state index in [9.17, 15) is 14.9 Å². The summed E-state index contributed by atoms with van der Waals surface area (Å²) in [4.78, 5) is 24.9. The Labute approximate surface area is 142 Å². The molecule has 0 saturated carbocycles. The fourth-order valence-corrected chi connectivity index (χ4v) is 2.74. The Morgan fingerprint density at radius 2 is 2.22 bits per heavy atom. The third-order valence-electron chi connectivity index (χ3n) is 3.78. The summed E-state index contributed by atoms with van der Waals surface area (Å²) < 4.78 is 0. The molecule has 1 atom stereocenters. The van der Waals surface area contributed by atoms with Gasteiger partial charge >= 0.3 is 0 Å². The Hall–Kier alpha value is -1.70. The van der Waals surface area contributed by atoms with Crippen molar-refractivity contribution in [3.63, 3.8) is 0 Å². The number of nitro benzene ring substituents is 1. The average molecular weight is 343 g/mol. The molecule has 2 rings (SSSR count). The normalized spacial score (nSPS) is 16.9. The van der Waals surface area contributed by atoms with Crippen molar-refractivity contribution in [1.82, 2.24) is 10.2 Å². The molecule has 0 aromatic heterocycles. The van der Waals surface area contributed by atoms with E-state index in [-0.39, 0.29) is 36.2 Å². The standard InChI is InChI=1S/C15H22N4O3.ClH/c1-2-9-18(12-7-8-16-10-12)11-15(20)17-13-5-3-4-6-14(13)19(21)22;/h3-6,12,16H,2,7-11H2,1H3,(H,17,20);1H. The Morgan fingerprint density at radius 3 is 2.83 bits per heavy atom. The molecule has 1 unspecified atom stereocenters. The second-order valence-corrected chi connectivity index (χ2v) is 5.44. The molecule has 1 aromatic rings. The molecule has 1 aromatic carbocycles. The van der Waals surface area contributed by atoms with Gasteiger partial charge in [0, 0.05) is 18.7 Å². The monoisotopic (exact) mass is 342 g/mol. The predicted octanol–water partition coefficient (Wildman–Crippen LogP) is 2.03. The summed E-state index contributed by atoms with van der Waals surface area (Å²) in [6, 6.07) is 6.56. The van der Waals surface area contributed by atoms with Gasteiger partial charge in [-0.3, -0.25) is 19.8 Å². The van der Waals surface area contributed by atoms with Crippen molar-refractivity contribution < 1.29 is 9.72 Å². The van der Waals surface area contributed by atoms with Gasteiger partial charge in [0.15, 0.2) is 0 Å². The van der Waals surface area contributed by atoms with Gasteiger partial charge in [0.1, 0.15) is 5.69 Å². The Kier molecular flexibility index (Phi) is 7.94. The van der Waals surface area contributed by atoms with E-state index >= 15 is 0 Å². The molecule has 1 heterocycles. The number of benzene rings is 1. The number of hydrogen-bond donors (Lipinski definition) is 2. The zero-order chi connectivity index (χ0) is 15.9. The molecule has 0 bridgehead atoms. The van der Waals surface area contributed by atoms with Gasteiger partial charge in [-0.05, 0) is 32.0 Å². The maximum atomic E-state index is 12.2. The lowest BCUT2D eigenvalue weighted by Gasteiger charge is -2.27. The number of carbonyl (C=O) groups is 1. The van der Waals surface area contributed by atoms with Crippen LogP contribution in [-0.4, -0.2) is 48.0 Å². The molecule has 1 aliphatic heterocycles. The molecule has 2 N–H and O–H groups in total. The van der Waals surface area contributed by atoms with Crippen LogP contribution in [0.5, 0.6) is 0 Å². The number of nitro groups is 1. The number of para-hydroxylation sites is 2. The summed E-state index contributed by atoms with van der Waals surface area (Å²) in [6.45, 7) is 5.04. The van der Waals surface area contributed by atoms with Crippen molar-refractivity contribution in [1.29, 1.82) is 0 Å². The smallest absolute Gasteiger partial charge is 0.292 e. The first-order valence-electron chi connectivity index (χ1n) is 7.60. The number of rotatable bonds is 7.